The van der Waals surface area contributed by atoms with Crippen molar-refractivity contribution in [3.63, 3.8) is 0 Å². The van der Waals surface area contributed by atoms with Crippen LogP contribution in [0.5, 0.6) is 5.75 Å². The van der Waals surface area contributed by atoms with Crippen molar-refractivity contribution in [2.45, 2.75) is 50.0 Å². The Morgan fingerprint density at radius 1 is 1.25 bits per heavy atom. The lowest BCUT2D eigenvalue weighted by molar-refractivity contribution is -0.0503. The van der Waals surface area contributed by atoms with Crippen LogP contribution < -0.4 is 10.1 Å². The van der Waals surface area contributed by atoms with Gasteiger partial charge >= 0.3 is 6.61 Å². The van der Waals surface area contributed by atoms with E-state index in [4.69, 9.17) is 11.6 Å². The third-order valence-electron chi connectivity index (χ3n) is 3.93. The lowest BCUT2D eigenvalue weighted by Crippen LogP contribution is -2.34. The van der Waals surface area contributed by atoms with Crippen molar-refractivity contribution in [1.29, 1.82) is 0 Å². The van der Waals surface area contributed by atoms with Crippen molar-refractivity contribution >= 4 is 27.4 Å². The quantitative estimate of drug-likeness (QED) is 0.695. The van der Waals surface area contributed by atoms with E-state index < -0.39 is 16.4 Å². The lowest BCUT2D eigenvalue weighted by atomic mass is 9.95. The Morgan fingerprint density at radius 3 is 2.42 bits per heavy atom. The van der Waals surface area contributed by atoms with Gasteiger partial charge in [0.05, 0.1) is 23.4 Å². The summed E-state index contributed by atoms with van der Waals surface area (Å²) in [5.41, 5.74) is 0. The van der Waals surface area contributed by atoms with Crippen LogP contribution in [0.4, 0.5) is 14.7 Å². The van der Waals surface area contributed by atoms with E-state index in [1.807, 2.05) is 0 Å². The molecule has 0 bridgehead atoms. The van der Waals surface area contributed by atoms with Gasteiger partial charge in [-0.2, -0.15) is 8.78 Å². The minimum atomic E-state index is -3.09. The molecule has 24 heavy (non-hydrogen) atoms. The molecule has 1 fully saturated rings. The number of anilines is 1. The molecule has 6 nitrogen and oxygen atoms in total. The summed E-state index contributed by atoms with van der Waals surface area (Å²) >= 11 is 5.56. The van der Waals surface area contributed by atoms with Crippen LogP contribution >= 0.6 is 11.6 Å². The van der Waals surface area contributed by atoms with E-state index in [-0.39, 0.29) is 22.8 Å². The SMILES string of the molecule is O=S(=O)(CCCCl)C1CCC(Nc2ncc(OC(F)F)cn2)CC1. The van der Waals surface area contributed by atoms with Crippen LogP contribution in [0, 0.1) is 0 Å². The van der Waals surface area contributed by atoms with Crippen LogP contribution in [-0.4, -0.2) is 47.9 Å². The first kappa shape index (κ1) is 19.1. The van der Waals surface area contributed by atoms with Gasteiger partial charge in [-0.05, 0) is 32.1 Å². The molecule has 1 aromatic heterocycles. The van der Waals surface area contributed by atoms with Gasteiger partial charge in [0.1, 0.15) is 0 Å². The molecule has 1 heterocycles. The molecule has 10 heteroatoms. The van der Waals surface area contributed by atoms with Crippen LogP contribution in [0.15, 0.2) is 12.4 Å². The van der Waals surface area contributed by atoms with Gasteiger partial charge in [0.2, 0.25) is 5.95 Å². The molecular formula is C14H20ClF2N3O3S. The largest absolute Gasteiger partial charge is 0.432 e. The zero-order valence-corrected chi connectivity index (χ0v) is 14.6. The van der Waals surface area contributed by atoms with Crippen LogP contribution in [-0.2, 0) is 9.84 Å². The summed E-state index contributed by atoms with van der Waals surface area (Å²) < 4.78 is 52.6. The predicted octanol–water partition coefficient (Wildman–Crippen LogP) is 2.84. The molecule has 0 atom stereocenters. The van der Waals surface area contributed by atoms with Gasteiger partial charge in [0.25, 0.3) is 0 Å². The molecule has 0 aromatic carbocycles. The topological polar surface area (TPSA) is 81.2 Å². The van der Waals surface area contributed by atoms with E-state index >= 15 is 0 Å². The second-order valence-corrected chi connectivity index (χ2v) is 8.43. The number of nitrogens with one attached hydrogen (secondary N) is 1. The maximum absolute atomic E-state index is 12.2. The summed E-state index contributed by atoms with van der Waals surface area (Å²) in [7, 11) is -3.09. The Bertz CT molecular complexity index is 608. The van der Waals surface area contributed by atoms with Crippen molar-refractivity contribution in [1.82, 2.24) is 9.97 Å². The summed E-state index contributed by atoms with van der Waals surface area (Å²) in [5.74, 6) is 0.682. The zero-order valence-electron chi connectivity index (χ0n) is 13.0. The normalized spacial score (nSPS) is 21.7. The van der Waals surface area contributed by atoms with Crippen LogP contribution in [0.2, 0.25) is 0 Å². The van der Waals surface area contributed by atoms with Gasteiger partial charge in [-0.1, -0.05) is 0 Å². The van der Waals surface area contributed by atoms with Gasteiger partial charge in [-0.25, -0.2) is 18.4 Å². The van der Waals surface area contributed by atoms with E-state index in [1.165, 1.54) is 12.4 Å². The van der Waals surface area contributed by atoms with Crippen LogP contribution in [0.1, 0.15) is 32.1 Å². The number of halogens is 3. The van der Waals surface area contributed by atoms with Crippen molar-refractivity contribution < 1.29 is 21.9 Å². The maximum Gasteiger partial charge on any atom is 0.387 e. The first-order valence-corrected chi connectivity index (χ1v) is 9.96. The zero-order chi connectivity index (χ0) is 17.6. The first-order valence-electron chi connectivity index (χ1n) is 7.71. The Balaban J connectivity index is 1.82. The van der Waals surface area contributed by atoms with Crippen molar-refractivity contribution in [2.24, 2.45) is 0 Å². The van der Waals surface area contributed by atoms with Crippen molar-refractivity contribution in [3.8, 4) is 5.75 Å². The lowest BCUT2D eigenvalue weighted by Gasteiger charge is -2.28. The van der Waals surface area contributed by atoms with Crippen molar-refractivity contribution in [3.05, 3.63) is 12.4 Å². The van der Waals surface area contributed by atoms with Crippen LogP contribution in [0.3, 0.4) is 0 Å². The first-order chi connectivity index (χ1) is 11.4. The second kappa shape index (κ2) is 8.75. The smallest absolute Gasteiger partial charge is 0.387 e. The average molecular weight is 384 g/mol. The average Bonchev–Trinajstić information content (AvgIpc) is 2.55. The molecule has 2 rings (SSSR count). The highest BCUT2D eigenvalue weighted by atomic mass is 35.5. The number of alkyl halides is 3. The minimum absolute atomic E-state index is 0.0614. The molecule has 1 aliphatic carbocycles. The molecule has 1 saturated carbocycles. The van der Waals surface area contributed by atoms with E-state index in [0.717, 1.165) is 0 Å². The van der Waals surface area contributed by atoms with Crippen molar-refractivity contribution in [2.75, 3.05) is 16.9 Å². The highest BCUT2D eigenvalue weighted by Gasteiger charge is 2.30. The standard InChI is InChI=1S/C14H20ClF2N3O3S/c15-6-1-7-24(21,22)12-4-2-10(3-5-12)20-14-18-8-11(9-19-14)23-13(16)17/h8-10,12-13H,1-7H2,(H,18,19,20). The maximum atomic E-state index is 12.2. The third kappa shape index (κ3) is 5.70. The number of rotatable bonds is 8. The molecule has 0 spiro atoms. The Morgan fingerprint density at radius 2 is 1.88 bits per heavy atom. The van der Waals surface area contributed by atoms with E-state index in [9.17, 15) is 17.2 Å². The molecule has 0 unspecified atom stereocenters. The Kier molecular flexibility index (Phi) is 6.97. The molecule has 1 aliphatic rings. The summed E-state index contributed by atoms with van der Waals surface area (Å²) in [6, 6.07) is 0.0614. The second-order valence-electron chi connectivity index (χ2n) is 5.65. The molecular weight excluding hydrogens is 364 g/mol. The number of hydrogen-bond acceptors (Lipinski definition) is 6. The molecule has 1 aromatic rings. The molecule has 0 aliphatic heterocycles. The number of hydrogen-bond donors (Lipinski definition) is 1. The van der Waals surface area contributed by atoms with Gasteiger partial charge < -0.3 is 10.1 Å². The van der Waals surface area contributed by atoms with Gasteiger partial charge in [-0.15, -0.1) is 11.6 Å². The summed E-state index contributed by atoms with van der Waals surface area (Å²) in [4.78, 5) is 7.84. The summed E-state index contributed by atoms with van der Waals surface area (Å²) in [6.45, 7) is -2.91. The number of aromatic nitrogens is 2. The Labute approximate surface area is 144 Å². The third-order valence-corrected chi connectivity index (χ3v) is 6.54. The predicted molar refractivity (Wildman–Crippen MR) is 87.5 cm³/mol. The molecule has 136 valence electrons. The monoisotopic (exact) mass is 383 g/mol. The van der Waals surface area contributed by atoms with Gasteiger partial charge in [0.15, 0.2) is 15.6 Å². The number of ether oxygens (including phenoxy) is 1. The molecule has 0 radical (unpaired) electrons. The highest BCUT2D eigenvalue weighted by Crippen LogP contribution is 2.27. The summed E-state index contributed by atoms with van der Waals surface area (Å²) in [6.07, 6.45) is 5.34. The fraction of sp³-hybridized carbons (Fsp3) is 0.714. The van der Waals surface area contributed by atoms with E-state index in [0.29, 0.717) is 43.9 Å². The van der Waals surface area contributed by atoms with E-state index in [2.05, 4.69) is 20.0 Å². The highest BCUT2D eigenvalue weighted by molar-refractivity contribution is 7.92. The molecule has 1 N–H and O–H groups in total. The minimum Gasteiger partial charge on any atom is -0.432 e. The van der Waals surface area contributed by atoms with E-state index in [1.54, 1.807) is 0 Å². The van der Waals surface area contributed by atoms with Gasteiger partial charge in [-0.3, -0.25) is 0 Å². The number of nitrogens with zero attached hydrogens (tertiary/aromatic N) is 2. The van der Waals surface area contributed by atoms with Crippen LogP contribution in [0.25, 0.3) is 0 Å². The molecule has 0 saturated heterocycles. The molecule has 0 amide bonds. The Hall–Kier alpha value is -1.22. The van der Waals surface area contributed by atoms with Gasteiger partial charge in [0, 0.05) is 11.9 Å². The summed E-state index contributed by atoms with van der Waals surface area (Å²) in [5, 5.41) is 2.78. The number of sulfone groups is 1. The fourth-order valence-electron chi connectivity index (χ4n) is 2.73. The fourth-order valence-corrected chi connectivity index (χ4v) is 4.89.